The molecule has 0 unspecified atom stereocenters. The fourth-order valence-electron chi connectivity index (χ4n) is 2.20. The molecule has 4 nitrogen and oxygen atoms in total. The van der Waals surface area contributed by atoms with Crippen molar-refractivity contribution in [2.24, 2.45) is 0 Å². The molecule has 3 aromatic rings. The van der Waals surface area contributed by atoms with E-state index in [4.69, 9.17) is 4.74 Å². The summed E-state index contributed by atoms with van der Waals surface area (Å²) in [6, 6.07) is 13.7. The summed E-state index contributed by atoms with van der Waals surface area (Å²) >= 11 is 0. The number of imidazole rings is 1. The van der Waals surface area contributed by atoms with Crippen molar-refractivity contribution < 1.29 is 9.84 Å². The lowest BCUT2D eigenvalue weighted by Crippen LogP contribution is -1.97. The molecule has 0 aliphatic rings. The zero-order chi connectivity index (χ0) is 13.2. The molecule has 0 saturated carbocycles. The van der Waals surface area contributed by atoms with Gasteiger partial charge in [-0.2, -0.15) is 0 Å². The highest BCUT2D eigenvalue weighted by Gasteiger charge is 2.07. The Morgan fingerprint density at radius 1 is 1.21 bits per heavy atom. The zero-order valence-electron chi connectivity index (χ0n) is 10.6. The molecule has 2 aromatic carbocycles. The van der Waals surface area contributed by atoms with Gasteiger partial charge in [0.1, 0.15) is 12.1 Å². The van der Waals surface area contributed by atoms with Crippen molar-refractivity contribution in [2.75, 3.05) is 7.11 Å². The Bertz CT molecular complexity index is 719. The van der Waals surface area contributed by atoms with Crippen LogP contribution in [0.15, 0.2) is 48.8 Å². The van der Waals surface area contributed by atoms with Crippen LogP contribution in [-0.2, 0) is 6.61 Å². The van der Waals surface area contributed by atoms with Crippen LogP contribution in [0.25, 0.3) is 16.7 Å². The van der Waals surface area contributed by atoms with Crippen LogP contribution in [0, 0.1) is 0 Å². The zero-order valence-corrected chi connectivity index (χ0v) is 10.6. The first-order valence-electron chi connectivity index (χ1n) is 6.03. The van der Waals surface area contributed by atoms with Crippen molar-refractivity contribution in [1.82, 2.24) is 9.55 Å². The highest BCUT2D eigenvalue weighted by atomic mass is 16.5. The minimum Gasteiger partial charge on any atom is -0.496 e. The van der Waals surface area contributed by atoms with Gasteiger partial charge in [0.15, 0.2) is 0 Å². The van der Waals surface area contributed by atoms with E-state index in [9.17, 15) is 5.11 Å². The van der Waals surface area contributed by atoms with Gasteiger partial charge in [0.25, 0.3) is 0 Å². The van der Waals surface area contributed by atoms with E-state index in [0.717, 1.165) is 22.3 Å². The largest absolute Gasteiger partial charge is 0.496 e. The van der Waals surface area contributed by atoms with Crippen LogP contribution in [0.1, 0.15) is 5.56 Å². The molecule has 1 aromatic heterocycles. The Hall–Kier alpha value is -2.33. The van der Waals surface area contributed by atoms with Gasteiger partial charge in [-0.25, -0.2) is 4.98 Å². The maximum Gasteiger partial charge on any atom is 0.124 e. The summed E-state index contributed by atoms with van der Waals surface area (Å²) in [5.41, 5.74) is 3.71. The Balaban J connectivity index is 2.16. The smallest absolute Gasteiger partial charge is 0.124 e. The summed E-state index contributed by atoms with van der Waals surface area (Å²) in [5.74, 6) is 0.690. The van der Waals surface area contributed by atoms with Crippen molar-refractivity contribution in [3.63, 3.8) is 0 Å². The van der Waals surface area contributed by atoms with Gasteiger partial charge in [0, 0.05) is 11.3 Å². The average Bonchev–Trinajstić information content (AvgIpc) is 2.90. The number of hydrogen-bond donors (Lipinski definition) is 1. The molecular formula is C15H14N2O2. The molecule has 4 heteroatoms. The van der Waals surface area contributed by atoms with E-state index < -0.39 is 0 Å². The number of benzene rings is 2. The normalized spacial score (nSPS) is 10.8. The van der Waals surface area contributed by atoms with Gasteiger partial charge in [-0.1, -0.05) is 12.1 Å². The summed E-state index contributed by atoms with van der Waals surface area (Å²) in [7, 11) is 1.60. The Morgan fingerprint density at radius 3 is 2.84 bits per heavy atom. The van der Waals surface area contributed by atoms with Gasteiger partial charge >= 0.3 is 0 Å². The lowest BCUT2D eigenvalue weighted by molar-refractivity contribution is 0.274. The number of para-hydroxylation sites is 2. The number of methoxy groups -OCH3 is 1. The van der Waals surface area contributed by atoms with Gasteiger partial charge in [-0.15, -0.1) is 0 Å². The van der Waals surface area contributed by atoms with Gasteiger partial charge in [-0.05, 0) is 30.3 Å². The predicted octanol–water partition coefficient (Wildman–Crippen LogP) is 2.53. The average molecular weight is 254 g/mol. The second-order valence-electron chi connectivity index (χ2n) is 4.26. The van der Waals surface area contributed by atoms with E-state index in [1.807, 2.05) is 47.0 Å². The Morgan fingerprint density at radius 2 is 2.05 bits per heavy atom. The third-order valence-corrected chi connectivity index (χ3v) is 3.17. The highest BCUT2D eigenvalue weighted by molar-refractivity contribution is 5.77. The molecule has 0 radical (unpaired) electrons. The summed E-state index contributed by atoms with van der Waals surface area (Å²) in [5, 5.41) is 9.38. The van der Waals surface area contributed by atoms with E-state index in [1.165, 1.54) is 0 Å². The molecule has 0 aliphatic heterocycles. The molecule has 0 spiro atoms. The molecule has 1 heterocycles. The van der Waals surface area contributed by atoms with E-state index in [2.05, 4.69) is 4.98 Å². The standard InChI is InChI=1S/C15H14N2O2/c1-19-15-7-6-12(8-11(15)9-18)17-10-16-13-4-2-3-5-14(13)17/h2-8,10,18H,9H2,1H3. The van der Waals surface area contributed by atoms with Crippen LogP contribution in [0.3, 0.4) is 0 Å². The Labute approximate surface area is 110 Å². The van der Waals surface area contributed by atoms with Crippen molar-refractivity contribution in [3.8, 4) is 11.4 Å². The number of ether oxygens (including phenoxy) is 1. The molecule has 96 valence electrons. The number of aliphatic hydroxyl groups excluding tert-OH is 1. The minimum absolute atomic E-state index is 0.0519. The maximum atomic E-state index is 9.38. The number of aliphatic hydroxyl groups is 1. The predicted molar refractivity (Wildman–Crippen MR) is 73.5 cm³/mol. The second-order valence-corrected chi connectivity index (χ2v) is 4.26. The van der Waals surface area contributed by atoms with E-state index >= 15 is 0 Å². The van der Waals surface area contributed by atoms with Crippen LogP contribution >= 0.6 is 0 Å². The lowest BCUT2D eigenvalue weighted by atomic mass is 10.2. The molecule has 0 aliphatic carbocycles. The SMILES string of the molecule is COc1ccc(-n2cnc3ccccc32)cc1CO. The van der Waals surface area contributed by atoms with Gasteiger partial charge in [-0.3, -0.25) is 4.57 Å². The first-order valence-corrected chi connectivity index (χ1v) is 6.03. The molecule has 1 N–H and O–H groups in total. The molecule has 0 amide bonds. The number of nitrogens with zero attached hydrogens (tertiary/aromatic N) is 2. The van der Waals surface area contributed by atoms with Gasteiger partial charge < -0.3 is 9.84 Å². The summed E-state index contributed by atoms with van der Waals surface area (Å²) in [4.78, 5) is 4.36. The van der Waals surface area contributed by atoms with Crippen molar-refractivity contribution in [3.05, 3.63) is 54.4 Å². The van der Waals surface area contributed by atoms with Crippen molar-refractivity contribution in [1.29, 1.82) is 0 Å². The first-order chi connectivity index (χ1) is 9.33. The topological polar surface area (TPSA) is 47.3 Å². The molecule has 3 rings (SSSR count). The maximum absolute atomic E-state index is 9.38. The van der Waals surface area contributed by atoms with Crippen LogP contribution in [-0.4, -0.2) is 21.8 Å². The number of rotatable bonds is 3. The molecule has 0 fully saturated rings. The molecule has 0 bridgehead atoms. The van der Waals surface area contributed by atoms with Crippen LogP contribution < -0.4 is 4.74 Å². The summed E-state index contributed by atoms with van der Waals surface area (Å²) in [6.45, 7) is -0.0519. The first kappa shape index (κ1) is 11.7. The van der Waals surface area contributed by atoms with Crippen molar-refractivity contribution >= 4 is 11.0 Å². The highest BCUT2D eigenvalue weighted by Crippen LogP contribution is 2.24. The van der Waals surface area contributed by atoms with E-state index in [1.54, 1.807) is 13.4 Å². The van der Waals surface area contributed by atoms with Crippen LogP contribution in [0.5, 0.6) is 5.75 Å². The summed E-state index contributed by atoms with van der Waals surface area (Å²) < 4.78 is 7.21. The molecule has 19 heavy (non-hydrogen) atoms. The van der Waals surface area contributed by atoms with Crippen LogP contribution in [0.4, 0.5) is 0 Å². The fraction of sp³-hybridized carbons (Fsp3) is 0.133. The third-order valence-electron chi connectivity index (χ3n) is 3.17. The number of fused-ring (bicyclic) bond motifs is 1. The number of aromatic nitrogens is 2. The monoisotopic (exact) mass is 254 g/mol. The van der Waals surface area contributed by atoms with Crippen LogP contribution in [0.2, 0.25) is 0 Å². The van der Waals surface area contributed by atoms with Crippen molar-refractivity contribution in [2.45, 2.75) is 6.61 Å². The summed E-state index contributed by atoms with van der Waals surface area (Å²) in [6.07, 6.45) is 1.79. The third kappa shape index (κ3) is 1.96. The quantitative estimate of drug-likeness (QED) is 0.781. The Kier molecular flexibility index (Phi) is 2.93. The van der Waals surface area contributed by atoms with E-state index in [-0.39, 0.29) is 6.61 Å². The van der Waals surface area contributed by atoms with Gasteiger partial charge in [0.05, 0.1) is 24.8 Å². The molecule has 0 atom stereocenters. The lowest BCUT2D eigenvalue weighted by Gasteiger charge is -2.10. The fourth-order valence-corrected chi connectivity index (χ4v) is 2.20. The second kappa shape index (κ2) is 4.74. The van der Waals surface area contributed by atoms with E-state index in [0.29, 0.717) is 5.75 Å². The minimum atomic E-state index is -0.0519. The number of hydrogen-bond acceptors (Lipinski definition) is 3. The van der Waals surface area contributed by atoms with Gasteiger partial charge in [0.2, 0.25) is 0 Å². The molecule has 0 saturated heterocycles. The molecular weight excluding hydrogens is 240 g/mol.